The molecule has 2 saturated heterocycles. The van der Waals surface area contributed by atoms with Gasteiger partial charge in [0, 0.05) is 38.9 Å². The minimum absolute atomic E-state index is 0.0128. The number of likely N-dealkylation sites (tertiary alicyclic amines) is 2. The Morgan fingerprint density at radius 3 is 2.79 bits per heavy atom. The van der Waals surface area contributed by atoms with Gasteiger partial charge in [-0.25, -0.2) is 0 Å². The third-order valence-corrected chi connectivity index (χ3v) is 6.20. The molecule has 4 heteroatoms. The Morgan fingerprint density at radius 1 is 1.25 bits per heavy atom. The highest BCUT2D eigenvalue weighted by Crippen LogP contribution is 2.43. The first-order chi connectivity index (χ1) is 11.6. The van der Waals surface area contributed by atoms with Crippen LogP contribution in [0.15, 0.2) is 18.2 Å². The highest BCUT2D eigenvalue weighted by Gasteiger charge is 2.41. The first-order valence-corrected chi connectivity index (χ1v) is 9.30. The second kappa shape index (κ2) is 6.07. The van der Waals surface area contributed by atoms with Gasteiger partial charge in [0.25, 0.3) is 0 Å². The molecule has 0 radical (unpaired) electrons. The summed E-state index contributed by atoms with van der Waals surface area (Å²) in [5.41, 5.74) is 2.58. The van der Waals surface area contributed by atoms with Gasteiger partial charge in [-0.05, 0) is 43.0 Å². The van der Waals surface area contributed by atoms with Gasteiger partial charge in [-0.15, -0.1) is 0 Å². The Kier molecular flexibility index (Phi) is 4.03. The van der Waals surface area contributed by atoms with E-state index in [4.69, 9.17) is 4.74 Å². The number of rotatable bonds is 2. The van der Waals surface area contributed by atoms with Gasteiger partial charge in [-0.2, -0.15) is 0 Å². The van der Waals surface area contributed by atoms with Crippen molar-refractivity contribution < 1.29 is 9.53 Å². The number of piperidine rings is 2. The van der Waals surface area contributed by atoms with Gasteiger partial charge < -0.3 is 14.5 Å². The molecule has 0 bridgehead atoms. The third kappa shape index (κ3) is 2.81. The number of carbonyl (C=O) groups excluding carboxylic acids is 1. The molecule has 1 unspecified atom stereocenters. The average molecular weight is 328 g/mol. The van der Waals surface area contributed by atoms with Crippen LogP contribution in [0.2, 0.25) is 0 Å². The molecule has 24 heavy (non-hydrogen) atoms. The van der Waals surface area contributed by atoms with E-state index < -0.39 is 0 Å². The van der Waals surface area contributed by atoms with Crippen molar-refractivity contribution in [2.45, 2.75) is 50.7 Å². The van der Waals surface area contributed by atoms with Crippen LogP contribution in [0, 0.1) is 5.92 Å². The van der Waals surface area contributed by atoms with Crippen LogP contribution in [0.25, 0.3) is 0 Å². The van der Waals surface area contributed by atoms with Gasteiger partial charge in [0.1, 0.15) is 11.4 Å². The molecule has 130 valence electrons. The van der Waals surface area contributed by atoms with Crippen LogP contribution >= 0.6 is 0 Å². The largest absolute Gasteiger partial charge is 0.487 e. The average Bonchev–Trinajstić information content (AvgIpc) is 2.94. The highest BCUT2D eigenvalue weighted by atomic mass is 16.5. The Balaban J connectivity index is 1.54. The monoisotopic (exact) mass is 328 g/mol. The van der Waals surface area contributed by atoms with Gasteiger partial charge in [0.2, 0.25) is 6.41 Å². The summed E-state index contributed by atoms with van der Waals surface area (Å²) in [5.74, 6) is 1.65. The van der Waals surface area contributed by atoms with Crippen molar-refractivity contribution in [2.24, 2.45) is 5.92 Å². The number of ether oxygens (including phenoxy) is 1. The fourth-order valence-corrected chi connectivity index (χ4v) is 4.60. The maximum absolute atomic E-state index is 11.5. The van der Waals surface area contributed by atoms with Crippen molar-refractivity contribution >= 4 is 6.41 Å². The van der Waals surface area contributed by atoms with Gasteiger partial charge in [0.15, 0.2) is 0 Å². The Labute approximate surface area is 144 Å². The lowest BCUT2D eigenvalue weighted by molar-refractivity contribution is -0.122. The molecule has 2 atom stereocenters. The molecule has 4 nitrogen and oxygen atoms in total. The summed E-state index contributed by atoms with van der Waals surface area (Å²) in [6, 6.07) is 6.87. The first kappa shape index (κ1) is 15.9. The number of carbonyl (C=O) groups is 1. The lowest BCUT2D eigenvalue weighted by Gasteiger charge is -2.37. The zero-order valence-corrected chi connectivity index (χ0v) is 14.8. The van der Waals surface area contributed by atoms with E-state index in [1.54, 1.807) is 0 Å². The molecular weight excluding hydrogens is 300 g/mol. The zero-order chi connectivity index (χ0) is 16.7. The Hall–Kier alpha value is -1.55. The predicted octanol–water partition coefficient (Wildman–Crippen LogP) is 3.02. The summed E-state index contributed by atoms with van der Waals surface area (Å²) in [4.78, 5) is 15.8. The zero-order valence-electron chi connectivity index (χ0n) is 14.8. The van der Waals surface area contributed by atoms with E-state index in [1.807, 2.05) is 4.90 Å². The molecule has 1 amide bonds. The molecule has 3 aliphatic heterocycles. The quantitative estimate of drug-likeness (QED) is 0.783. The molecule has 0 aromatic heterocycles. The number of hydrogen-bond donors (Lipinski definition) is 0. The van der Waals surface area contributed by atoms with Crippen LogP contribution in [0.1, 0.15) is 49.8 Å². The van der Waals surface area contributed by atoms with Crippen molar-refractivity contribution in [2.75, 3.05) is 26.7 Å². The molecule has 2 fully saturated rings. The number of hydrogen-bond acceptors (Lipinski definition) is 3. The van der Waals surface area contributed by atoms with Gasteiger partial charge in [0.05, 0.1) is 6.04 Å². The van der Waals surface area contributed by atoms with Crippen molar-refractivity contribution in [3.8, 4) is 5.75 Å². The number of amides is 1. The van der Waals surface area contributed by atoms with E-state index in [9.17, 15) is 4.79 Å². The van der Waals surface area contributed by atoms with Gasteiger partial charge >= 0.3 is 0 Å². The van der Waals surface area contributed by atoms with Crippen LogP contribution in [0.5, 0.6) is 5.75 Å². The molecule has 1 aromatic carbocycles. The smallest absolute Gasteiger partial charge is 0.210 e. The fourth-order valence-electron chi connectivity index (χ4n) is 4.60. The van der Waals surface area contributed by atoms with Gasteiger partial charge in [-0.3, -0.25) is 4.79 Å². The summed E-state index contributed by atoms with van der Waals surface area (Å²) in [7, 11) is 2.19. The summed E-state index contributed by atoms with van der Waals surface area (Å²) in [5, 5.41) is 0. The molecule has 1 aromatic rings. The maximum atomic E-state index is 11.5. The number of fused-ring (bicyclic) bond motifs is 1. The van der Waals surface area contributed by atoms with E-state index in [0.717, 1.165) is 57.5 Å². The minimum atomic E-state index is 0.0128. The molecule has 3 aliphatic rings. The third-order valence-electron chi connectivity index (χ3n) is 6.20. The normalized spacial score (nSPS) is 29.3. The van der Waals surface area contributed by atoms with E-state index >= 15 is 0 Å². The summed E-state index contributed by atoms with van der Waals surface area (Å²) >= 11 is 0. The van der Waals surface area contributed by atoms with Crippen LogP contribution in [0.4, 0.5) is 0 Å². The van der Waals surface area contributed by atoms with E-state index in [1.165, 1.54) is 17.5 Å². The second-order valence-electron chi connectivity index (χ2n) is 8.13. The molecule has 0 N–H and O–H groups in total. The summed E-state index contributed by atoms with van der Waals surface area (Å²) < 4.78 is 6.47. The Morgan fingerprint density at radius 2 is 2.04 bits per heavy atom. The molecular formula is C20H28N2O2. The number of nitrogens with zero attached hydrogens (tertiary/aromatic N) is 2. The minimum Gasteiger partial charge on any atom is -0.487 e. The fraction of sp³-hybridized carbons (Fsp3) is 0.650. The van der Waals surface area contributed by atoms with Crippen molar-refractivity contribution in [3.63, 3.8) is 0 Å². The van der Waals surface area contributed by atoms with Gasteiger partial charge in [-0.1, -0.05) is 19.1 Å². The van der Waals surface area contributed by atoms with Crippen LogP contribution in [-0.2, 0) is 11.2 Å². The Bertz CT molecular complexity index is 622. The maximum Gasteiger partial charge on any atom is 0.210 e. The van der Waals surface area contributed by atoms with Crippen molar-refractivity contribution in [3.05, 3.63) is 29.3 Å². The first-order valence-electron chi connectivity index (χ1n) is 9.30. The van der Waals surface area contributed by atoms with Crippen LogP contribution in [-0.4, -0.2) is 48.5 Å². The molecule has 1 spiro atoms. The van der Waals surface area contributed by atoms with E-state index in [2.05, 4.69) is 37.1 Å². The lowest BCUT2D eigenvalue weighted by atomic mass is 9.86. The standard InChI is InChI=1S/C20H28N2O2/c1-15-3-6-18(22(13-15)14-23)16-4-5-17-12-20(24-19(17)11-16)7-9-21(2)10-8-20/h4-5,11,14-15,18H,3,6-10,12-13H2,1-2H3/t15-,18?/m0/s1. The number of benzene rings is 1. The second-order valence-corrected chi connectivity index (χ2v) is 8.13. The lowest BCUT2D eigenvalue weighted by Crippen LogP contribution is -2.45. The SMILES string of the molecule is C[C@H]1CCC(c2ccc3c(c2)OC2(CCN(C)CC2)C3)N(C=O)C1. The van der Waals surface area contributed by atoms with E-state index in [-0.39, 0.29) is 11.6 Å². The topological polar surface area (TPSA) is 32.8 Å². The molecule has 0 saturated carbocycles. The van der Waals surface area contributed by atoms with Crippen molar-refractivity contribution in [1.82, 2.24) is 9.80 Å². The molecule has 4 rings (SSSR count). The van der Waals surface area contributed by atoms with Crippen LogP contribution < -0.4 is 4.74 Å². The summed E-state index contributed by atoms with van der Waals surface area (Å²) in [6.45, 7) is 5.31. The van der Waals surface area contributed by atoms with E-state index in [0.29, 0.717) is 5.92 Å². The van der Waals surface area contributed by atoms with Crippen LogP contribution in [0.3, 0.4) is 0 Å². The highest BCUT2D eigenvalue weighted by molar-refractivity contribution is 5.51. The predicted molar refractivity (Wildman–Crippen MR) is 94.1 cm³/mol. The van der Waals surface area contributed by atoms with Crippen molar-refractivity contribution in [1.29, 1.82) is 0 Å². The molecule has 0 aliphatic carbocycles. The molecule has 3 heterocycles. The summed E-state index contributed by atoms with van der Waals surface area (Å²) in [6.07, 6.45) is 6.50.